The number of rotatable bonds is 15. The van der Waals surface area contributed by atoms with Gasteiger partial charge in [0.1, 0.15) is 0 Å². The number of carboxylic acid groups (broad SMARTS) is 3. The van der Waals surface area contributed by atoms with E-state index in [9.17, 15) is 29.7 Å². The molecule has 1 saturated heterocycles. The van der Waals surface area contributed by atoms with E-state index in [-0.39, 0.29) is 19.6 Å². The zero-order chi connectivity index (χ0) is 25.2. The number of nitrogens with zero attached hydrogens (tertiary/aromatic N) is 4. The highest BCUT2D eigenvalue weighted by Gasteiger charge is 2.20. The van der Waals surface area contributed by atoms with Gasteiger partial charge in [-0.3, -0.25) is 34.0 Å². The molecule has 198 valence electrons. The summed E-state index contributed by atoms with van der Waals surface area (Å²) in [6.07, 6.45) is 0.893. The summed E-state index contributed by atoms with van der Waals surface area (Å²) in [5.41, 5.74) is 0. The van der Waals surface area contributed by atoms with E-state index in [1.54, 1.807) is 14.7 Å². The summed E-state index contributed by atoms with van der Waals surface area (Å²) in [4.78, 5) is 41.3. The third-order valence-corrected chi connectivity index (χ3v) is 5.69. The molecule has 3 N–H and O–H groups in total. The highest BCUT2D eigenvalue weighted by atomic mass is 32.1. The molecule has 0 saturated carbocycles. The summed E-state index contributed by atoms with van der Waals surface area (Å²) in [5, 5.41) is 27.7. The SMILES string of the molecule is O=C(O)CN1CCN(CCOCCOCCCS)CCN(CC(=O)O)CCN(CC(=O)O)CC1. The van der Waals surface area contributed by atoms with Gasteiger partial charge in [0.25, 0.3) is 0 Å². The average molecular weight is 509 g/mol. The molecule has 0 aliphatic carbocycles. The van der Waals surface area contributed by atoms with Crippen molar-refractivity contribution in [2.24, 2.45) is 0 Å². The van der Waals surface area contributed by atoms with E-state index in [0.29, 0.717) is 85.3 Å². The van der Waals surface area contributed by atoms with Crippen LogP contribution in [0.1, 0.15) is 6.42 Å². The Kier molecular flexibility index (Phi) is 16.9. The van der Waals surface area contributed by atoms with Crippen molar-refractivity contribution in [2.75, 3.05) is 111 Å². The zero-order valence-corrected chi connectivity index (χ0v) is 20.7. The molecule has 13 heteroatoms. The van der Waals surface area contributed by atoms with Crippen molar-refractivity contribution in [3.63, 3.8) is 0 Å². The van der Waals surface area contributed by atoms with E-state index in [1.807, 2.05) is 0 Å². The number of aliphatic carboxylic acids is 3. The van der Waals surface area contributed by atoms with Crippen LogP contribution in [0.15, 0.2) is 0 Å². The molecule has 0 aromatic rings. The maximum absolute atomic E-state index is 11.3. The summed E-state index contributed by atoms with van der Waals surface area (Å²) in [5.74, 6) is -2.06. The van der Waals surface area contributed by atoms with Gasteiger partial charge >= 0.3 is 17.9 Å². The number of carbonyl (C=O) groups is 3. The van der Waals surface area contributed by atoms with Gasteiger partial charge in [-0.15, -0.1) is 0 Å². The van der Waals surface area contributed by atoms with Crippen molar-refractivity contribution in [1.29, 1.82) is 0 Å². The van der Waals surface area contributed by atoms with E-state index in [1.165, 1.54) is 0 Å². The molecule has 1 fully saturated rings. The molecule has 34 heavy (non-hydrogen) atoms. The first-order chi connectivity index (χ1) is 16.3. The minimum atomic E-state index is -0.972. The van der Waals surface area contributed by atoms with Crippen molar-refractivity contribution in [2.45, 2.75) is 6.42 Å². The molecule has 0 aromatic carbocycles. The predicted octanol–water partition coefficient (Wildman–Crippen LogP) is -1.19. The Morgan fingerprint density at radius 2 is 0.941 bits per heavy atom. The van der Waals surface area contributed by atoms with Crippen LogP contribution >= 0.6 is 12.6 Å². The van der Waals surface area contributed by atoms with E-state index in [4.69, 9.17) is 9.47 Å². The molecule has 0 atom stereocenters. The van der Waals surface area contributed by atoms with Crippen LogP contribution in [0.25, 0.3) is 0 Å². The second kappa shape index (κ2) is 18.8. The van der Waals surface area contributed by atoms with Crippen molar-refractivity contribution in [1.82, 2.24) is 19.6 Å². The topological polar surface area (TPSA) is 143 Å². The van der Waals surface area contributed by atoms with Crippen LogP contribution in [-0.4, -0.2) is 164 Å². The fraction of sp³-hybridized carbons (Fsp3) is 0.857. The molecule has 0 spiro atoms. The third-order valence-electron chi connectivity index (χ3n) is 5.38. The molecular weight excluding hydrogens is 468 g/mol. The van der Waals surface area contributed by atoms with Gasteiger partial charge in [0, 0.05) is 65.5 Å². The lowest BCUT2D eigenvalue weighted by atomic mass is 10.3. The van der Waals surface area contributed by atoms with E-state index < -0.39 is 17.9 Å². The van der Waals surface area contributed by atoms with Crippen molar-refractivity contribution >= 4 is 30.5 Å². The van der Waals surface area contributed by atoms with Gasteiger partial charge in [-0.1, -0.05) is 0 Å². The summed E-state index contributed by atoms with van der Waals surface area (Å²) in [6.45, 7) is 6.11. The lowest BCUT2D eigenvalue weighted by Gasteiger charge is -2.33. The van der Waals surface area contributed by atoms with Gasteiger partial charge in [0.2, 0.25) is 0 Å². The molecule has 0 aromatic heterocycles. The Balaban J connectivity index is 2.69. The Morgan fingerprint density at radius 1 is 0.588 bits per heavy atom. The number of hydrogen-bond acceptors (Lipinski definition) is 10. The van der Waals surface area contributed by atoms with Crippen LogP contribution in [0.4, 0.5) is 0 Å². The molecule has 1 aliphatic heterocycles. The standard InChI is InChI=1S/C21H40N4O8S/c26-19(27)16-23-4-2-22(10-12-33-14-13-32-11-1-15-34)3-5-24(17-20(28)29)7-9-25(8-6-23)18-21(30)31/h34H,1-18H2,(H,26,27)(H,28,29)(H,30,31). The van der Waals surface area contributed by atoms with Crippen LogP contribution in [0, 0.1) is 0 Å². The largest absolute Gasteiger partial charge is 0.480 e. The van der Waals surface area contributed by atoms with Crippen molar-refractivity contribution in [3.05, 3.63) is 0 Å². The Labute approximate surface area is 206 Å². The quantitative estimate of drug-likeness (QED) is 0.156. The van der Waals surface area contributed by atoms with E-state index in [2.05, 4.69) is 17.5 Å². The molecule has 1 heterocycles. The van der Waals surface area contributed by atoms with Crippen molar-refractivity contribution in [3.8, 4) is 0 Å². The third kappa shape index (κ3) is 16.2. The second-order valence-corrected chi connectivity index (χ2v) is 8.60. The monoisotopic (exact) mass is 508 g/mol. The smallest absolute Gasteiger partial charge is 0.317 e. The predicted molar refractivity (Wildman–Crippen MR) is 129 cm³/mol. The van der Waals surface area contributed by atoms with Crippen molar-refractivity contribution < 1.29 is 39.2 Å². The molecular formula is C21H40N4O8S. The molecule has 1 aliphatic rings. The van der Waals surface area contributed by atoms with Gasteiger partial charge in [-0.2, -0.15) is 12.6 Å². The summed E-state index contributed by atoms with van der Waals surface area (Å²) in [7, 11) is 0. The molecule has 0 amide bonds. The molecule has 1 rings (SSSR count). The molecule has 0 radical (unpaired) electrons. The summed E-state index contributed by atoms with van der Waals surface area (Å²) < 4.78 is 11.1. The van der Waals surface area contributed by atoms with Gasteiger partial charge in [-0.25, -0.2) is 0 Å². The Hall–Kier alpha value is -1.48. The van der Waals surface area contributed by atoms with Gasteiger partial charge in [0.15, 0.2) is 0 Å². The Morgan fingerprint density at radius 3 is 1.29 bits per heavy atom. The minimum Gasteiger partial charge on any atom is -0.480 e. The maximum atomic E-state index is 11.3. The van der Waals surface area contributed by atoms with Gasteiger partial charge in [-0.05, 0) is 12.2 Å². The van der Waals surface area contributed by atoms with E-state index >= 15 is 0 Å². The number of hydrogen-bond donors (Lipinski definition) is 4. The first kappa shape index (κ1) is 30.6. The molecule has 12 nitrogen and oxygen atoms in total. The second-order valence-electron chi connectivity index (χ2n) is 8.15. The molecule has 0 bridgehead atoms. The van der Waals surface area contributed by atoms with Gasteiger partial charge < -0.3 is 24.8 Å². The fourth-order valence-electron chi connectivity index (χ4n) is 3.53. The normalized spacial score (nSPS) is 18.3. The highest BCUT2D eigenvalue weighted by Crippen LogP contribution is 2.01. The fourth-order valence-corrected chi connectivity index (χ4v) is 3.66. The number of carboxylic acids is 3. The van der Waals surface area contributed by atoms with Crippen LogP contribution in [-0.2, 0) is 23.9 Å². The first-order valence-electron chi connectivity index (χ1n) is 11.6. The Bertz CT molecular complexity index is 569. The number of thiol groups is 1. The zero-order valence-electron chi connectivity index (χ0n) is 19.8. The first-order valence-corrected chi connectivity index (χ1v) is 12.2. The summed E-state index contributed by atoms with van der Waals surface area (Å²) >= 11 is 4.13. The number of ether oxygens (including phenoxy) is 2. The highest BCUT2D eigenvalue weighted by molar-refractivity contribution is 7.80. The maximum Gasteiger partial charge on any atom is 0.317 e. The van der Waals surface area contributed by atoms with E-state index in [0.717, 1.165) is 12.2 Å². The van der Waals surface area contributed by atoms with Crippen LogP contribution in [0.2, 0.25) is 0 Å². The van der Waals surface area contributed by atoms with Crippen LogP contribution < -0.4 is 0 Å². The lowest BCUT2D eigenvalue weighted by Crippen LogP contribution is -2.48. The average Bonchev–Trinajstić information content (AvgIpc) is 2.75. The summed E-state index contributed by atoms with van der Waals surface area (Å²) in [6, 6.07) is 0. The van der Waals surface area contributed by atoms with Crippen LogP contribution in [0.5, 0.6) is 0 Å². The minimum absolute atomic E-state index is 0.125. The van der Waals surface area contributed by atoms with Crippen LogP contribution in [0.3, 0.4) is 0 Å². The molecule has 0 unspecified atom stereocenters. The lowest BCUT2D eigenvalue weighted by molar-refractivity contribution is -0.140. The van der Waals surface area contributed by atoms with Gasteiger partial charge in [0.05, 0.1) is 39.5 Å².